The monoisotopic (exact) mass is 437 g/mol. The summed E-state index contributed by atoms with van der Waals surface area (Å²) in [6.45, 7) is 4.03. The number of hydrogen-bond acceptors (Lipinski definition) is 6. The number of benzene rings is 2. The van der Waals surface area contributed by atoms with Crippen molar-refractivity contribution in [2.24, 2.45) is 0 Å². The third-order valence-corrected chi connectivity index (χ3v) is 5.64. The lowest BCUT2D eigenvalue weighted by atomic mass is 10.1. The maximum Gasteiger partial charge on any atom is 0.296 e. The van der Waals surface area contributed by atoms with Crippen molar-refractivity contribution in [1.82, 2.24) is 14.6 Å². The van der Waals surface area contributed by atoms with Crippen LogP contribution >= 0.6 is 22.9 Å². The lowest BCUT2D eigenvalue weighted by Gasteiger charge is -2.02. The van der Waals surface area contributed by atoms with Gasteiger partial charge in [0.25, 0.3) is 11.1 Å². The van der Waals surface area contributed by atoms with E-state index in [0.29, 0.717) is 21.9 Å². The summed E-state index contributed by atoms with van der Waals surface area (Å²) in [5.41, 5.74) is 0.953. The zero-order valence-electron chi connectivity index (χ0n) is 15.7. The lowest BCUT2D eigenvalue weighted by molar-refractivity contribution is 0.363. The van der Waals surface area contributed by atoms with Gasteiger partial charge >= 0.3 is 0 Å². The molecule has 2 aromatic heterocycles. The molecule has 6 nitrogen and oxygen atoms in total. The van der Waals surface area contributed by atoms with Crippen molar-refractivity contribution < 1.29 is 4.74 Å². The van der Waals surface area contributed by atoms with E-state index in [9.17, 15) is 9.59 Å². The van der Waals surface area contributed by atoms with E-state index >= 15 is 0 Å². The van der Waals surface area contributed by atoms with Crippen molar-refractivity contribution in [1.29, 1.82) is 0 Å². The van der Waals surface area contributed by atoms with Gasteiger partial charge in [-0.1, -0.05) is 65.9 Å². The fourth-order valence-corrected chi connectivity index (χ4v) is 3.95. The van der Waals surface area contributed by atoms with Crippen LogP contribution in [0.15, 0.2) is 70.8 Å². The molecule has 0 unspecified atom stereocenters. The van der Waals surface area contributed by atoms with E-state index in [1.165, 1.54) is 4.52 Å². The van der Waals surface area contributed by atoms with E-state index in [2.05, 4.69) is 16.7 Å². The van der Waals surface area contributed by atoms with Crippen molar-refractivity contribution in [3.63, 3.8) is 0 Å². The predicted molar refractivity (Wildman–Crippen MR) is 119 cm³/mol. The summed E-state index contributed by atoms with van der Waals surface area (Å²) in [5.74, 6) is 0.712. The van der Waals surface area contributed by atoms with Gasteiger partial charge in [0.05, 0.1) is 4.53 Å². The molecule has 0 bridgehead atoms. The van der Waals surface area contributed by atoms with E-state index in [4.69, 9.17) is 16.3 Å². The predicted octanol–water partition coefficient (Wildman–Crippen LogP) is 2.87. The molecule has 0 N–H and O–H groups in total. The number of ether oxygens (including phenoxy) is 1. The van der Waals surface area contributed by atoms with Gasteiger partial charge in [-0.15, -0.1) is 0 Å². The average molecular weight is 438 g/mol. The van der Waals surface area contributed by atoms with Gasteiger partial charge in [-0.3, -0.25) is 9.59 Å². The van der Waals surface area contributed by atoms with E-state index in [1.54, 1.807) is 18.2 Å². The van der Waals surface area contributed by atoms with E-state index < -0.39 is 5.56 Å². The Bertz CT molecular complexity index is 1390. The smallest absolute Gasteiger partial charge is 0.296 e. The first kappa shape index (κ1) is 20.0. The first-order chi connectivity index (χ1) is 14.5. The van der Waals surface area contributed by atoms with Crippen LogP contribution in [-0.2, 0) is 6.42 Å². The van der Waals surface area contributed by atoms with E-state index in [1.807, 2.05) is 42.5 Å². The molecule has 8 heteroatoms. The van der Waals surface area contributed by atoms with E-state index in [-0.39, 0.29) is 22.6 Å². The highest BCUT2D eigenvalue weighted by atomic mass is 35.5. The molecule has 0 saturated heterocycles. The fourth-order valence-electron chi connectivity index (χ4n) is 2.84. The number of fused-ring (bicyclic) bond motifs is 1. The third kappa shape index (κ3) is 4.17. The second-order valence-electron chi connectivity index (χ2n) is 6.41. The van der Waals surface area contributed by atoms with Gasteiger partial charge in [0.1, 0.15) is 18.1 Å². The number of hydrogen-bond donors (Lipinski definition) is 0. The summed E-state index contributed by atoms with van der Waals surface area (Å²) in [5, 5.41) is 4.79. The fraction of sp³-hybridized carbons (Fsp3) is 0.0909. The van der Waals surface area contributed by atoms with Crippen molar-refractivity contribution in [2.45, 2.75) is 6.42 Å². The SMILES string of the molecule is C=CCOc1ccc(/C=c2\sc3nc(=O)c(Cc4ccccc4Cl)nn3c2=O)cc1. The minimum Gasteiger partial charge on any atom is -0.490 e. The van der Waals surface area contributed by atoms with E-state index in [0.717, 1.165) is 22.5 Å². The number of aromatic nitrogens is 3. The summed E-state index contributed by atoms with van der Waals surface area (Å²) in [6, 6.07) is 14.5. The standard InChI is InChI=1S/C22H16ClN3O3S/c1-2-11-29-16-9-7-14(8-10-16)12-19-21(28)26-22(30-19)24-20(27)18(25-26)13-15-5-3-4-6-17(15)23/h2-10,12H,1,11,13H2/b19-12-. The summed E-state index contributed by atoms with van der Waals surface area (Å²) < 4.78 is 7.06. The largest absolute Gasteiger partial charge is 0.490 e. The van der Waals surface area contributed by atoms with Crippen molar-refractivity contribution in [3.8, 4) is 5.75 Å². The Morgan fingerprint density at radius 1 is 1.13 bits per heavy atom. The Kier molecular flexibility index (Phi) is 5.74. The average Bonchev–Trinajstić information content (AvgIpc) is 3.04. The molecule has 150 valence electrons. The highest BCUT2D eigenvalue weighted by Gasteiger charge is 2.12. The number of nitrogens with zero attached hydrogens (tertiary/aromatic N) is 3. The molecule has 0 aliphatic rings. The Balaban J connectivity index is 1.71. The highest BCUT2D eigenvalue weighted by Crippen LogP contribution is 2.17. The van der Waals surface area contributed by atoms with Crippen LogP contribution in [0.2, 0.25) is 5.02 Å². The molecule has 0 amide bonds. The highest BCUT2D eigenvalue weighted by molar-refractivity contribution is 7.15. The summed E-state index contributed by atoms with van der Waals surface area (Å²) in [4.78, 5) is 29.5. The van der Waals surface area contributed by atoms with Crippen LogP contribution in [0.4, 0.5) is 0 Å². The van der Waals surface area contributed by atoms with Crippen LogP contribution in [0.3, 0.4) is 0 Å². The Hall–Kier alpha value is -3.29. The quantitative estimate of drug-likeness (QED) is 0.434. The maximum absolute atomic E-state index is 12.8. The van der Waals surface area contributed by atoms with Crippen LogP contribution < -0.4 is 20.4 Å². The summed E-state index contributed by atoms with van der Waals surface area (Å²) in [7, 11) is 0. The first-order valence-corrected chi connectivity index (χ1v) is 10.3. The molecule has 0 aliphatic heterocycles. The van der Waals surface area contributed by atoms with Crippen LogP contribution in [0.5, 0.6) is 5.75 Å². The third-order valence-electron chi connectivity index (χ3n) is 4.31. The van der Waals surface area contributed by atoms with Gasteiger partial charge in [-0.25, -0.2) is 0 Å². The Morgan fingerprint density at radius 3 is 2.63 bits per heavy atom. The normalized spacial score (nSPS) is 11.7. The van der Waals surface area contributed by atoms with Crippen molar-refractivity contribution in [3.05, 3.63) is 108 Å². The molecule has 0 fully saturated rings. The molecule has 0 spiro atoms. The molecular weight excluding hydrogens is 422 g/mol. The van der Waals surface area contributed by atoms with Gasteiger partial charge in [0.2, 0.25) is 4.96 Å². The van der Waals surface area contributed by atoms with Gasteiger partial charge in [-0.2, -0.15) is 14.6 Å². The number of rotatable bonds is 6. The molecule has 30 heavy (non-hydrogen) atoms. The number of thiazole rings is 1. The second-order valence-corrected chi connectivity index (χ2v) is 7.83. The van der Waals surface area contributed by atoms with Gasteiger partial charge in [0.15, 0.2) is 0 Å². The van der Waals surface area contributed by atoms with Gasteiger partial charge in [-0.05, 0) is 35.4 Å². The minimum atomic E-state index is -0.466. The molecule has 4 aromatic rings. The minimum absolute atomic E-state index is 0.172. The molecule has 0 atom stereocenters. The van der Waals surface area contributed by atoms with Crippen LogP contribution in [0, 0.1) is 0 Å². The molecule has 0 radical (unpaired) electrons. The van der Waals surface area contributed by atoms with Gasteiger partial charge < -0.3 is 4.74 Å². The molecule has 2 heterocycles. The topological polar surface area (TPSA) is 73.6 Å². The molecule has 2 aromatic carbocycles. The van der Waals surface area contributed by atoms with Crippen LogP contribution in [-0.4, -0.2) is 21.2 Å². The summed E-state index contributed by atoms with van der Waals surface area (Å²) in [6.07, 6.45) is 3.61. The van der Waals surface area contributed by atoms with Gasteiger partial charge in [0, 0.05) is 11.4 Å². The molecule has 4 rings (SSSR count). The molecule has 0 saturated carbocycles. The van der Waals surface area contributed by atoms with Crippen LogP contribution in [0.1, 0.15) is 16.8 Å². The van der Waals surface area contributed by atoms with Crippen LogP contribution in [0.25, 0.3) is 11.0 Å². The summed E-state index contributed by atoms with van der Waals surface area (Å²) >= 11 is 7.29. The Morgan fingerprint density at radius 2 is 1.90 bits per heavy atom. The zero-order chi connectivity index (χ0) is 21.1. The zero-order valence-corrected chi connectivity index (χ0v) is 17.3. The molecular formula is C22H16ClN3O3S. The molecule has 0 aliphatic carbocycles. The second kappa shape index (κ2) is 8.61. The first-order valence-electron chi connectivity index (χ1n) is 9.07. The Labute approximate surface area is 180 Å². The van der Waals surface area contributed by atoms with Crippen molar-refractivity contribution >= 4 is 34.0 Å². The maximum atomic E-state index is 12.8. The van der Waals surface area contributed by atoms with Crippen molar-refractivity contribution in [2.75, 3.05) is 6.61 Å². The lowest BCUT2D eigenvalue weighted by Crippen LogP contribution is -2.28. The number of halogens is 1.